The Hall–Kier alpha value is -2.08. The van der Waals surface area contributed by atoms with Gasteiger partial charge in [-0.3, -0.25) is 9.48 Å². The molecule has 1 fully saturated rings. The van der Waals surface area contributed by atoms with Crippen LogP contribution in [0, 0.1) is 12.8 Å². The second kappa shape index (κ2) is 6.67. The van der Waals surface area contributed by atoms with Gasteiger partial charge in [-0.1, -0.05) is 0 Å². The average molecular weight is 342 g/mol. The first-order chi connectivity index (χ1) is 12.1. The van der Waals surface area contributed by atoms with Gasteiger partial charge in [0.1, 0.15) is 11.5 Å². The quantitative estimate of drug-likeness (QED) is 0.843. The number of nitrogens with zero attached hydrogens (tertiary/aromatic N) is 2. The Balaban J connectivity index is 1.43. The van der Waals surface area contributed by atoms with Gasteiger partial charge in [-0.2, -0.15) is 5.10 Å². The van der Waals surface area contributed by atoms with Gasteiger partial charge in [0.2, 0.25) is 0 Å². The van der Waals surface area contributed by atoms with Crippen molar-refractivity contribution in [3.63, 3.8) is 0 Å². The van der Waals surface area contributed by atoms with E-state index in [1.54, 1.807) is 0 Å². The van der Waals surface area contributed by atoms with E-state index >= 15 is 0 Å². The highest BCUT2D eigenvalue weighted by molar-refractivity contribution is 5.94. The lowest BCUT2D eigenvalue weighted by Gasteiger charge is -2.24. The summed E-state index contributed by atoms with van der Waals surface area (Å²) >= 11 is 0. The van der Waals surface area contributed by atoms with Crippen molar-refractivity contribution < 1.29 is 9.21 Å². The summed E-state index contributed by atoms with van der Waals surface area (Å²) in [6.07, 6.45) is 5.70. The minimum absolute atomic E-state index is 0.117. The monoisotopic (exact) mass is 342 g/mol. The van der Waals surface area contributed by atoms with Crippen LogP contribution in [-0.4, -0.2) is 28.3 Å². The SMILES string of the molecule is Cc1ccc(CNC(=O)c2nn(C)c3c2CC(NCC2CC2)CC3)o1. The van der Waals surface area contributed by atoms with Gasteiger partial charge >= 0.3 is 0 Å². The molecule has 6 nitrogen and oxygen atoms in total. The van der Waals surface area contributed by atoms with Crippen molar-refractivity contribution in [1.29, 1.82) is 0 Å². The zero-order valence-corrected chi connectivity index (χ0v) is 15.0. The number of fused-ring (bicyclic) bond motifs is 1. The third kappa shape index (κ3) is 3.63. The van der Waals surface area contributed by atoms with Crippen LogP contribution in [0.1, 0.15) is 52.5 Å². The molecule has 2 aromatic heterocycles. The molecular weight excluding hydrogens is 316 g/mol. The molecule has 6 heteroatoms. The smallest absolute Gasteiger partial charge is 0.272 e. The van der Waals surface area contributed by atoms with Crippen molar-refractivity contribution >= 4 is 5.91 Å². The van der Waals surface area contributed by atoms with Gasteiger partial charge in [0.15, 0.2) is 5.69 Å². The van der Waals surface area contributed by atoms with Crippen molar-refractivity contribution in [2.45, 2.75) is 51.6 Å². The third-order valence-electron chi connectivity index (χ3n) is 5.28. The molecule has 1 atom stereocenters. The van der Waals surface area contributed by atoms with Crippen LogP contribution in [0.5, 0.6) is 0 Å². The molecular formula is C19H26N4O2. The Bertz CT molecular complexity index is 772. The number of carbonyl (C=O) groups is 1. The van der Waals surface area contributed by atoms with Crippen LogP contribution in [-0.2, 0) is 26.4 Å². The molecule has 0 spiro atoms. The summed E-state index contributed by atoms with van der Waals surface area (Å²) in [5.74, 6) is 2.37. The number of hydrogen-bond donors (Lipinski definition) is 2. The number of rotatable bonds is 6. The second-order valence-electron chi connectivity index (χ2n) is 7.38. The Morgan fingerprint density at radius 3 is 2.92 bits per heavy atom. The van der Waals surface area contributed by atoms with Crippen molar-refractivity contribution in [1.82, 2.24) is 20.4 Å². The minimum atomic E-state index is -0.117. The lowest BCUT2D eigenvalue weighted by atomic mass is 9.91. The number of aromatic nitrogens is 2. The first kappa shape index (κ1) is 16.4. The van der Waals surface area contributed by atoms with Gasteiger partial charge in [0.05, 0.1) is 6.54 Å². The van der Waals surface area contributed by atoms with E-state index in [9.17, 15) is 4.79 Å². The van der Waals surface area contributed by atoms with Crippen LogP contribution >= 0.6 is 0 Å². The standard InChI is InChI=1S/C19H26N4O2/c1-12-3-7-15(25-12)11-21-19(24)18-16-9-14(20-10-13-4-5-13)6-8-17(16)23(2)22-18/h3,7,13-14,20H,4-6,8-11H2,1-2H3,(H,21,24). The molecule has 0 radical (unpaired) electrons. The van der Waals surface area contributed by atoms with Crippen LogP contribution in [0.3, 0.4) is 0 Å². The molecule has 134 valence electrons. The fraction of sp³-hybridized carbons (Fsp3) is 0.579. The van der Waals surface area contributed by atoms with E-state index in [0.717, 1.165) is 48.8 Å². The highest BCUT2D eigenvalue weighted by Gasteiger charge is 2.29. The summed E-state index contributed by atoms with van der Waals surface area (Å²) in [6.45, 7) is 3.40. The Kier molecular flexibility index (Phi) is 4.37. The van der Waals surface area contributed by atoms with E-state index in [2.05, 4.69) is 15.7 Å². The van der Waals surface area contributed by atoms with Crippen LogP contribution in [0.25, 0.3) is 0 Å². The zero-order chi connectivity index (χ0) is 17.4. The normalized spacial score (nSPS) is 19.7. The molecule has 2 aliphatic rings. The number of carbonyl (C=O) groups excluding carboxylic acids is 1. The van der Waals surface area contributed by atoms with E-state index in [-0.39, 0.29) is 5.91 Å². The Labute approximate surface area is 148 Å². The molecule has 0 aliphatic heterocycles. The van der Waals surface area contributed by atoms with Gasteiger partial charge in [-0.05, 0) is 63.6 Å². The maximum atomic E-state index is 12.6. The summed E-state index contributed by atoms with van der Waals surface area (Å²) < 4.78 is 7.39. The molecule has 2 aromatic rings. The van der Waals surface area contributed by atoms with Gasteiger partial charge in [-0.25, -0.2) is 0 Å². The van der Waals surface area contributed by atoms with Gasteiger partial charge < -0.3 is 15.1 Å². The Morgan fingerprint density at radius 2 is 2.20 bits per heavy atom. The van der Waals surface area contributed by atoms with E-state index in [1.807, 2.05) is 30.8 Å². The summed E-state index contributed by atoms with van der Waals surface area (Å²) in [7, 11) is 1.93. The van der Waals surface area contributed by atoms with Crippen LogP contribution in [0.15, 0.2) is 16.5 Å². The molecule has 2 aliphatic carbocycles. The van der Waals surface area contributed by atoms with Crippen LogP contribution < -0.4 is 10.6 Å². The predicted molar refractivity (Wildman–Crippen MR) is 94.4 cm³/mol. The highest BCUT2D eigenvalue weighted by atomic mass is 16.3. The van der Waals surface area contributed by atoms with Crippen LogP contribution in [0.2, 0.25) is 0 Å². The fourth-order valence-corrected chi connectivity index (χ4v) is 3.63. The van der Waals surface area contributed by atoms with Gasteiger partial charge in [-0.15, -0.1) is 0 Å². The number of hydrogen-bond acceptors (Lipinski definition) is 4. The minimum Gasteiger partial charge on any atom is -0.465 e. The topological polar surface area (TPSA) is 72.1 Å². The summed E-state index contributed by atoms with van der Waals surface area (Å²) in [4.78, 5) is 12.6. The summed E-state index contributed by atoms with van der Waals surface area (Å²) in [6, 6.07) is 4.25. The molecule has 0 saturated heterocycles. The van der Waals surface area contributed by atoms with Crippen LogP contribution in [0.4, 0.5) is 0 Å². The molecule has 25 heavy (non-hydrogen) atoms. The lowest BCUT2D eigenvalue weighted by Crippen LogP contribution is -2.36. The maximum Gasteiger partial charge on any atom is 0.272 e. The van der Waals surface area contributed by atoms with E-state index in [0.29, 0.717) is 18.3 Å². The molecule has 0 aromatic carbocycles. The second-order valence-corrected chi connectivity index (χ2v) is 7.38. The number of nitrogens with one attached hydrogen (secondary N) is 2. The van der Waals surface area contributed by atoms with E-state index < -0.39 is 0 Å². The molecule has 2 N–H and O–H groups in total. The first-order valence-electron chi connectivity index (χ1n) is 9.22. The van der Waals surface area contributed by atoms with Crippen molar-refractivity contribution in [3.05, 3.63) is 40.6 Å². The largest absolute Gasteiger partial charge is 0.465 e. The Morgan fingerprint density at radius 1 is 1.36 bits per heavy atom. The third-order valence-corrected chi connectivity index (χ3v) is 5.28. The van der Waals surface area contributed by atoms with Gasteiger partial charge in [0.25, 0.3) is 5.91 Å². The van der Waals surface area contributed by atoms with Crippen molar-refractivity contribution in [2.24, 2.45) is 13.0 Å². The summed E-state index contributed by atoms with van der Waals surface area (Å²) in [5.41, 5.74) is 2.87. The zero-order valence-electron chi connectivity index (χ0n) is 15.0. The molecule has 1 amide bonds. The molecule has 1 saturated carbocycles. The average Bonchev–Trinajstić information content (AvgIpc) is 3.26. The highest BCUT2D eigenvalue weighted by Crippen LogP contribution is 2.29. The summed E-state index contributed by atoms with van der Waals surface area (Å²) in [5, 5.41) is 11.1. The van der Waals surface area contributed by atoms with E-state index in [1.165, 1.54) is 18.5 Å². The van der Waals surface area contributed by atoms with Gasteiger partial charge in [0, 0.05) is 24.3 Å². The number of amides is 1. The lowest BCUT2D eigenvalue weighted by molar-refractivity contribution is 0.0941. The van der Waals surface area contributed by atoms with E-state index in [4.69, 9.17) is 4.42 Å². The molecule has 0 bridgehead atoms. The van der Waals surface area contributed by atoms with Crippen molar-refractivity contribution in [3.8, 4) is 0 Å². The molecule has 1 unspecified atom stereocenters. The predicted octanol–water partition coefficient (Wildman–Crippen LogP) is 2.11. The number of furan rings is 1. The number of aryl methyl sites for hydroxylation is 2. The maximum absolute atomic E-state index is 12.6. The molecule has 4 rings (SSSR count). The first-order valence-corrected chi connectivity index (χ1v) is 9.22. The molecule has 2 heterocycles. The fourth-order valence-electron chi connectivity index (χ4n) is 3.63. The van der Waals surface area contributed by atoms with Crippen molar-refractivity contribution in [2.75, 3.05) is 6.54 Å².